The molecule has 0 aliphatic rings. The van der Waals surface area contributed by atoms with E-state index in [0.717, 1.165) is 12.1 Å². The van der Waals surface area contributed by atoms with Gasteiger partial charge in [-0.1, -0.05) is 18.7 Å². The maximum atomic E-state index is 12.5. The number of nitrogens with two attached hydrogens (primary N) is 1. The zero-order chi connectivity index (χ0) is 13.1. The van der Waals surface area contributed by atoms with Crippen LogP contribution in [0.15, 0.2) is 30.9 Å². The second kappa shape index (κ2) is 4.90. The van der Waals surface area contributed by atoms with Crippen LogP contribution < -0.4 is 5.73 Å². The molecule has 0 spiro atoms. The summed E-state index contributed by atoms with van der Waals surface area (Å²) in [5.74, 6) is -0.909. The normalized spacial score (nSPS) is 11.0. The van der Waals surface area contributed by atoms with E-state index in [0.29, 0.717) is 0 Å². The monoisotopic (exact) mass is 245 g/mol. The van der Waals surface area contributed by atoms with Gasteiger partial charge in [0, 0.05) is 0 Å². The Hall–Kier alpha value is -1.98. The Kier molecular flexibility index (Phi) is 3.77. The third-order valence-corrected chi connectivity index (χ3v) is 1.96. The molecule has 0 aliphatic heterocycles. The van der Waals surface area contributed by atoms with Crippen LogP contribution in [0.1, 0.15) is 15.9 Å². The summed E-state index contributed by atoms with van der Waals surface area (Å²) in [6.45, 7) is 3.23. The van der Waals surface area contributed by atoms with Gasteiger partial charge in [0.05, 0.1) is 16.8 Å². The highest BCUT2D eigenvalue weighted by Gasteiger charge is 2.34. The second-order valence-electron chi connectivity index (χ2n) is 3.15. The van der Waals surface area contributed by atoms with Crippen LogP contribution in [0.3, 0.4) is 0 Å². The van der Waals surface area contributed by atoms with Crippen molar-refractivity contribution in [2.24, 2.45) is 0 Å². The van der Waals surface area contributed by atoms with Crippen molar-refractivity contribution in [2.75, 3.05) is 12.3 Å². The number of anilines is 1. The molecule has 17 heavy (non-hydrogen) atoms. The Morgan fingerprint density at radius 2 is 2.12 bits per heavy atom. The number of hydrogen-bond acceptors (Lipinski definition) is 3. The number of ether oxygens (including phenoxy) is 1. The van der Waals surface area contributed by atoms with Crippen molar-refractivity contribution in [3.8, 4) is 0 Å². The summed E-state index contributed by atoms with van der Waals surface area (Å²) >= 11 is 0. The molecular weight excluding hydrogens is 235 g/mol. The van der Waals surface area contributed by atoms with E-state index in [1.165, 1.54) is 12.1 Å². The van der Waals surface area contributed by atoms with Crippen molar-refractivity contribution in [1.82, 2.24) is 0 Å². The highest BCUT2D eigenvalue weighted by atomic mass is 19.4. The average Bonchev–Trinajstić information content (AvgIpc) is 2.24. The summed E-state index contributed by atoms with van der Waals surface area (Å²) in [5.41, 5.74) is 3.31. The number of carbonyl (C=O) groups is 1. The van der Waals surface area contributed by atoms with Gasteiger partial charge in [-0.25, -0.2) is 4.79 Å². The molecule has 3 nitrogen and oxygen atoms in total. The fourth-order valence-electron chi connectivity index (χ4n) is 1.20. The van der Waals surface area contributed by atoms with E-state index >= 15 is 0 Å². The zero-order valence-corrected chi connectivity index (χ0v) is 8.75. The van der Waals surface area contributed by atoms with Gasteiger partial charge in [0.1, 0.15) is 6.61 Å². The molecule has 1 aromatic rings. The van der Waals surface area contributed by atoms with Crippen molar-refractivity contribution < 1.29 is 22.7 Å². The van der Waals surface area contributed by atoms with Crippen molar-refractivity contribution in [3.05, 3.63) is 42.0 Å². The first-order valence-electron chi connectivity index (χ1n) is 4.61. The quantitative estimate of drug-likeness (QED) is 0.506. The number of halogens is 3. The molecule has 0 aromatic heterocycles. The molecule has 0 radical (unpaired) electrons. The predicted molar refractivity (Wildman–Crippen MR) is 56.3 cm³/mol. The van der Waals surface area contributed by atoms with Crippen LogP contribution in [0.25, 0.3) is 0 Å². The Morgan fingerprint density at radius 1 is 1.47 bits per heavy atom. The minimum absolute atomic E-state index is 0.0888. The standard InChI is InChI=1S/C11H10F3NO2/c1-2-6-17-10(16)7-4-3-5-8(9(7)15)11(12,13)14/h2-5H,1,6,15H2. The summed E-state index contributed by atoms with van der Waals surface area (Å²) in [6, 6.07) is 3.08. The molecule has 0 heterocycles. The number of para-hydroxylation sites is 1. The molecule has 6 heteroatoms. The highest BCUT2D eigenvalue weighted by molar-refractivity contribution is 5.96. The molecule has 0 saturated carbocycles. The molecular formula is C11H10F3NO2. The number of benzene rings is 1. The van der Waals surface area contributed by atoms with Crippen LogP contribution in [-0.2, 0) is 10.9 Å². The fourth-order valence-corrected chi connectivity index (χ4v) is 1.20. The smallest absolute Gasteiger partial charge is 0.418 e. The molecule has 0 aliphatic carbocycles. The van der Waals surface area contributed by atoms with Crippen LogP contribution in [0.5, 0.6) is 0 Å². The van der Waals surface area contributed by atoms with Gasteiger partial charge in [-0.2, -0.15) is 13.2 Å². The SMILES string of the molecule is C=CCOC(=O)c1cccc(C(F)(F)F)c1N. The Bertz CT molecular complexity index is 441. The Labute approximate surface area is 95.7 Å². The van der Waals surface area contributed by atoms with Gasteiger partial charge in [-0.15, -0.1) is 0 Å². The van der Waals surface area contributed by atoms with E-state index in [9.17, 15) is 18.0 Å². The molecule has 0 atom stereocenters. The van der Waals surface area contributed by atoms with Gasteiger partial charge in [0.2, 0.25) is 0 Å². The maximum Gasteiger partial charge on any atom is 0.418 e. The minimum Gasteiger partial charge on any atom is -0.458 e. The minimum atomic E-state index is -4.60. The number of hydrogen-bond donors (Lipinski definition) is 1. The summed E-state index contributed by atoms with van der Waals surface area (Å²) in [4.78, 5) is 11.4. The summed E-state index contributed by atoms with van der Waals surface area (Å²) in [7, 11) is 0. The topological polar surface area (TPSA) is 52.3 Å². The van der Waals surface area contributed by atoms with Gasteiger partial charge in [0.25, 0.3) is 0 Å². The Morgan fingerprint density at radius 3 is 2.65 bits per heavy atom. The molecule has 0 amide bonds. The molecule has 0 bridgehead atoms. The van der Waals surface area contributed by atoms with Crippen LogP contribution >= 0.6 is 0 Å². The van der Waals surface area contributed by atoms with Crippen LogP contribution in [0.4, 0.5) is 18.9 Å². The molecule has 0 fully saturated rings. The molecule has 1 aromatic carbocycles. The van der Waals surface area contributed by atoms with E-state index in [1.807, 2.05) is 0 Å². The van der Waals surface area contributed by atoms with Crippen LogP contribution in [0.2, 0.25) is 0 Å². The first-order valence-corrected chi connectivity index (χ1v) is 4.61. The van der Waals surface area contributed by atoms with Crippen LogP contribution in [0, 0.1) is 0 Å². The van der Waals surface area contributed by atoms with Gasteiger partial charge in [0.15, 0.2) is 0 Å². The largest absolute Gasteiger partial charge is 0.458 e. The third kappa shape index (κ3) is 2.99. The molecule has 2 N–H and O–H groups in total. The van der Waals surface area contributed by atoms with Gasteiger partial charge in [-0.3, -0.25) is 0 Å². The van der Waals surface area contributed by atoms with Crippen molar-refractivity contribution >= 4 is 11.7 Å². The maximum absolute atomic E-state index is 12.5. The lowest BCUT2D eigenvalue weighted by Gasteiger charge is -2.12. The summed E-state index contributed by atoms with van der Waals surface area (Å²) < 4.78 is 42.1. The van der Waals surface area contributed by atoms with Gasteiger partial charge in [-0.05, 0) is 12.1 Å². The van der Waals surface area contributed by atoms with Gasteiger partial charge < -0.3 is 10.5 Å². The van der Waals surface area contributed by atoms with E-state index in [-0.39, 0.29) is 12.2 Å². The summed E-state index contributed by atoms with van der Waals surface area (Å²) in [6.07, 6.45) is -3.29. The molecule has 1 rings (SSSR count). The van der Waals surface area contributed by atoms with Crippen LogP contribution in [-0.4, -0.2) is 12.6 Å². The van der Waals surface area contributed by atoms with Crippen molar-refractivity contribution in [2.45, 2.75) is 6.18 Å². The molecule has 0 saturated heterocycles. The second-order valence-corrected chi connectivity index (χ2v) is 3.15. The van der Waals surface area contributed by atoms with E-state index in [1.54, 1.807) is 0 Å². The van der Waals surface area contributed by atoms with Crippen molar-refractivity contribution in [1.29, 1.82) is 0 Å². The first kappa shape index (κ1) is 13.1. The molecule has 92 valence electrons. The lowest BCUT2D eigenvalue weighted by Crippen LogP contribution is -2.14. The predicted octanol–water partition coefficient (Wildman–Crippen LogP) is 2.63. The number of esters is 1. The lowest BCUT2D eigenvalue weighted by molar-refractivity contribution is -0.136. The number of alkyl halides is 3. The van der Waals surface area contributed by atoms with Crippen molar-refractivity contribution in [3.63, 3.8) is 0 Å². The highest BCUT2D eigenvalue weighted by Crippen LogP contribution is 2.35. The molecule has 0 unspecified atom stereocenters. The number of carbonyl (C=O) groups excluding carboxylic acids is 1. The van der Waals surface area contributed by atoms with E-state index < -0.39 is 23.4 Å². The third-order valence-electron chi connectivity index (χ3n) is 1.96. The zero-order valence-electron chi connectivity index (χ0n) is 8.75. The summed E-state index contributed by atoms with van der Waals surface area (Å²) in [5, 5.41) is 0. The first-order chi connectivity index (χ1) is 7.88. The van der Waals surface area contributed by atoms with E-state index in [2.05, 4.69) is 11.3 Å². The lowest BCUT2D eigenvalue weighted by atomic mass is 10.1. The van der Waals surface area contributed by atoms with E-state index in [4.69, 9.17) is 5.73 Å². The Balaban J connectivity index is 3.10. The fraction of sp³-hybridized carbons (Fsp3) is 0.182. The number of nitrogen functional groups attached to an aromatic ring is 1. The average molecular weight is 245 g/mol. The van der Waals surface area contributed by atoms with Gasteiger partial charge >= 0.3 is 12.1 Å². The number of rotatable bonds is 3.